The molecule has 0 aliphatic carbocycles. The summed E-state index contributed by atoms with van der Waals surface area (Å²) in [5.74, 6) is -0.211. The molecule has 1 aromatic heterocycles. The van der Waals surface area contributed by atoms with Gasteiger partial charge >= 0.3 is 0 Å². The Morgan fingerprint density at radius 2 is 1.63 bits per heavy atom. The summed E-state index contributed by atoms with van der Waals surface area (Å²) >= 11 is 0. The zero-order chi connectivity index (χ0) is 20.5. The lowest BCUT2D eigenvalue weighted by Crippen LogP contribution is -2.34. The van der Waals surface area contributed by atoms with Crippen LogP contribution in [0, 0.1) is 0 Å². The molecule has 30 heavy (non-hydrogen) atoms. The number of benzene rings is 3. The van der Waals surface area contributed by atoms with Crippen LogP contribution < -0.4 is 5.32 Å². The average molecular weight is 394 g/mol. The molecule has 1 amide bonds. The predicted molar refractivity (Wildman–Crippen MR) is 120 cm³/mol. The van der Waals surface area contributed by atoms with Gasteiger partial charge < -0.3 is 10.3 Å². The Balaban J connectivity index is 1.58. The van der Waals surface area contributed by atoms with E-state index in [-0.39, 0.29) is 11.9 Å². The van der Waals surface area contributed by atoms with Crippen LogP contribution in [-0.2, 0) is 11.3 Å². The molecule has 1 aliphatic rings. The SMILES string of the molecule is CC(c1ccccc1)N1Cc2[nH]c3ccccc3c2C(C(=O)Nc2ccccc2)=N1. The predicted octanol–water partition coefficient (Wildman–Crippen LogP) is 5.09. The second kappa shape index (κ2) is 7.52. The van der Waals surface area contributed by atoms with Gasteiger partial charge in [-0.25, -0.2) is 0 Å². The summed E-state index contributed by atoms with van der Waals surface area (Å²) in [6.07, 6.45) is 0. The summed E-state index contributed by atoms with van der Waals surface area (Å²) < 4.78 is 0. The summed E-state index contributed by atoms with van der Waals surface area (Å²) in [6, 6.07) is 27.8. The highest BCUT2D eigenvalue weighted by molar-refractivity contribution is 6.51. The maximum Gasteiger partial charge on any atom is 0.276 e. The molecule has 1 unspecified atom stereocenters. The molecule has 5 heteroatoms. The first-order valence-corrected chi connectivity index (χ1v) is 10.1. The summed E-state index contributed by atoms with van der Waals surface area (Å²) in [5, 5.41) is 10.8. The smallest absolute Gasteiger partial charge is 0.276 e. The number of anilines is 1. The molecule has 0 spiro atoms. The van der Waals surface area contributed by atoms with Crippen molar-refractivity contribution >= 4 is 28.2 Å². The Bertz CT molecular complexity index is 1230. The van der Waals surface area contributed by atoms with Crippen molar-refractivity contribution in [1.29, 1.82) is 0 Å². The van der Waals surface area contributed by atoms with Crippen LogP contribution >= 0.6 is 0 Å². The number of hydrazone groups is 1. The molecule has 0 saturated carbocycles. The summed E-state index contributed by atoms with van der Waals surface area (Å²) in [5.41, 5.74) is 5.24. The molecular weight excluding hydrogens is 372 g/mol. The number of hydrogen-bond acceptors (Lipinski definition) is 3. The highest BCUT2D eigenvalue weighted by atomic mass is 16.2. The highest BCUT2D eigenvalue weighted by Crippen LogP contribution is 2.32. The van der Waals surface area contributed by atoms with Crippen molar-refractivity contribution in [3.63, 3.8) is 0 Å². The fraction of sp³-hybridized carbons (Fsp3) is 0.120. The van der Waals surface area contributed by atoms with Gasteiger partial charge in [-0.3, -0.25) is 9.80 Å². The molecule has 2 N–H and O–H groups in total. The van der Waals surface area contributed by atoms with E-state index in [9.17, 15) is 4.79 Å². The summed E-state index contributed by atoms with van der Waals surface area (Å²) in [7, 11) is 0. The minimum absolute atomic E-state index is 0.0327. The lowest BCUT2D eigenvalue weighted by Gasteiger charge is -2.30. The molecule has 1 aliphatic heterocycles. The molecule has 0 fully saturated rings. The Kier molecular flexibility index (Phi) is 4.56. The molecule has 1 atom stereocenters. The van der Waals surface area contributed by atoms with Crippen molar-refractivity contribution in [2.45, 2.75) is 19.5 Å². The van der Waals surface area contributed by atoms with Gasteiger partial charge in [-0.15, -0.1) is 0 Å². The van der Waals surface area contributed by atoms with E-state index in [1.165, 1.54) is 0 Å². The second-order valence-electron chi connectivity index (χ2n) is 7.48. The first-order chi connectivity index (χ1) is 14.7. The molecule has 3 aromatic carbocycles. The summed E-state index contributed by atoms with van der Waals surface area (Å²) in [4.78, 5) is 16.8. The van der Waals surface area contributed by atoms with Gasteiger partial charge in [0.05, 0.1) is 12.6 Å². The molecule has 4 aromatic rings. The van der Waals surface area contributed by atoms with Crippen molar-refractivity contribution in [1.82, 2.24) is 9.99 Å². The third-order valence-electron chi connectivity index (χ3n) is 5.54. The van der Waals surface area contributed by atoms with Gasteiger partial charge in [0.15, 0.2) is 5.71 Å². The van der Waals surface area contributed by atoms with Gasteiger partial charge in [0.2, 0.25) is 0 Å². The molecule has 5 rings (SSSR count). The topological polar surface area (TPSA) is 60.5 Å². The highest BCUT2D eigenvalue weighted by Gasteiger charge is 2.30. The molecule has 5 nitrogen and oxygen atoms in total. The maximum absolute atomic E-state index is 13.3. The van der Waals surface area contributed by atoms with E-state index in [0.717, 1.165) is 33.4 Å². The number of rotatable bonds is 4. The van der Waals surface area contributed by atoms with Crippen molar-refractivity contribution in [3.8, 4) is 0 Å². The number of hydrogen-bond donors (Lipinski definition) is 2. The number of fused-ring (bicyclic) bond motifs is 3. The molecular formula is C25H22N4O. The van der Waals surface area contributed by atoms with Gasteiger partial charge in [0, 0.05) is 27.8 Å². The van der Waals surface area contributed by atoms with Gasteiger partial charge in [0.25, 0.3) is 5.91 Å². The third kappa shape index (κ3) is 3.24. The van der Waals surface area contributed by atoms with E-state index in [4.69, 9.17) is 5.10 Å². The monoisotopic (exact) mass is 394 g/mol. The standard InChI is InChI=1S/C25H22N4O/c1-17(18-10-4-2-5-11-18)29-16-22-23(20-14-8-9-15-21(20)27-22)24(28-29)25(30)26-19-12-6-3-7-13-19/h2-15,17,27H,16H2,1H3,(H,26,30). The number of carbonyl (C=O) groups excluding carboxylic acids is 1. The zero-order valence-corrected chi connectivity index (χ0v) is 16.7. The minimum Gasteiger partial charge on any atom is -0.356 e. The van der Waals surface area contributed by atoms with Crippen molar-refractivity contribution in [2.75, 3.05) is 5.32 Å². The van der Waals surface area contributed by atoms with Crippen LogP contribution in [0.2, 0.25) is 0 Å². The van der Waals surface area contributed by atoms with E-state index in [1.54, 1.807) is 0 Å². The molecule has 0 saturated heterocycles. The van der Waals surface area contributed by atoms with Gasteiger partial charge in [0.1, 0.15) is 0 Å². The molecule has 2 heterocycles. The normalized spacial score (nSPS) is 14.2. The first kappa shape index (κ1) is 18.2. The largest absolute Gasteiger partial charge is 0.356 e. The summed E-state index contributed by atoms with van der Waals surface area (Å²) in [6.45, 7) is 2.72. The minimum atomic E-state index is -0.211. The molecule has 0 radical (unpaired) electrons. The van der Waals surface area contributed by atoms with Crippen LogP contribution in [0.3, 0.4) is 0 Å². The van der Waals surface area contributed by atoms with Crippen molar-refractivity contribution in [2.24, 2.45) is 5.10 Å². The van der Waals surface area contributed by atoms with E-state index < -0.39 is 0 Å². The van der Waals surface area contributed by atoms with Gasteiger partial charge in [-0.1, -0.05) is 66.7 Å². The number of aromatic nitrogens is 1. The fourth-order valence-corrected chi connectivity index (χ4v) is 3.96. The van der Waals surface area contributed by atoms with Crippen molar-refractivity contribution in [3.05, 3.63) is 102 Å². The van der Waals surface area contributed by atoms with E-state index in [0.29, 0.717) is 12.3 Å². The number of para-hydroxylation sites is 2. The zero-order valence-electron chi connectivity index (χ0n) is 16.7. The van der Waals surface area contributed by atoms with Crippen LogP contribution in [0.1, 0.15) is 29.8 Å². The van der Waals surface area contributed by atoms with Gasteiger partial charge in [-0.05, 0) is 30.7 Å². The number of nitrogens with zero attached hydrogens (tertiary/aromatic N) is 2. The van der Waals surface area contributed by atoms with Crippen molar-refractivity contribution < 1.29 is 4.79 Å². The number of nitrogens with one attached hydrogen (secondary N) is 2. The van der Waals surface area contributed by atoms with Crippen LogP contribution in [0.5, 0.6) is 0 Å². The van der Waals surface area contributed by atoms with Crippen LogP contribution in [0.15, 0.2) is 90.0 Å². The van der Waals surface area contributed by atoms with Crippen LogP contribution in [0.4, 0.5) is 5.69 Å². The van der Waals surface area contributed by atoms with E-state index >= 15 is 0 Å². The maximum atomic E-state index is 13.3. The lowest BCUT2D eigenvalue weighted by molar-refractivity contribution is -0.110. The fourth-order valence-electron chi connectivity index (χ4n) is 3.96. The second-order valence-corrected chi connectivity index (χ2v) is 7.48. The Hall–Kier alpha value is -3.86. The average Bonchev–Trinajstić information content (AvgIpc) is 3.17. The van der Waals surface area contributed by atoms with E-state index in [2.05, 4.69) is 29.4 Å². The number of amides is 1. The number of H-pyrrole nitrogens is 1. The molecule has 0 bridgehead atoms. The lowest BCUT2D eigenvalue weighted by atomic mass is 10.0. The van der Waals surface area contributed by atoms with Crippen LogP contribution in [-0.4, -0.2) is 21.6 Å². The van der Waals surface area contributed by atoms with Crippen LogP contribution in [0.25, 0.3) is 10.9 Å². The number of carbonyl (C=O) groups is 1. The number of aromatic amines is 1. The molecule has 148 valence electrons. The Morgan fingerprint density at radius 1 is 0.967 bits per heavy atom. The Morgan fingerprint density at radius 3 is 2.40 bits per heavy atom. The van der Waals surface area contributed by atoms with Gasteiger partial charge in [-0.2, -0.15) is 5.10 Å². The van der Waals surface area contributed by atoms with E-state index in [1.807, 2.05) is 77.8 Å². The third-order valence-corrected chi connectivity index (χ3v) is 5.54. The quantitative estimate of drug-likeness (QED) is 0.507. The Labute approximate surface area is 175 Å². The first-order valence-electron chi connectivity index (χ1n) is 10.1.